The third-order valence-corrected chi connectivity index (χ3v) is 3.49. The molecule has 1 fully saturated rings. The number of hydrogen-bond donors (Lipinski definition) is 0. The van der Waals surface area contributed by atoms with Crippen LogP contribution in [-0.4, -0.2) is 0 Å². The summed E-state index contributed by atoms with van der Waals surface area (Å²) in [5, 5.41) is 0. The Hall–Kier alpha value is -0.370. The first-order valence-electron chi connectivity index (χ1n) is 4.43. The zero-order valence-electron chi connectivity index (χ0n) is 7.32. The predicted molar refractivity (Wildman–Crippen MR) is 55.0 cm³/mol. The first-order valence-corrected chi connectivity index (χ1v) is 5.22. The average Bonchev–Trinajstić information content (AvgIpc) is 2.06. The summed E-state index contributed by atoms with van der Waals surface area (Å²) in [5.41, 5.74) is 1.01. The second-order valence-electron chi connectivity index (χ2n) is 3.76. The lowest BCUT2D eigenvalue weighted by atomic mass is 9.66. The Bertz CT molecular complexity index is 329. The van der Waals surface area contributed by atoms with Crippen molar-refractivity contribution in [2.45, 2.75) is 24.7 Å². The lowest BCUT2D eigenvalue weighted by Gasteiger charge is -2.38. The highest BCUT2D eigenvalue weighted by Gasteiger charge is 2.33. The Morgan fingerprint density at radius 3 is 2.54 bits per heavy atom. The molecular formula is C11H11BrF. The van der Waals surface area contributed by atoms with E-state index in [1.54, 1.807) is 12.1 Å². The minimum Gasteiger partial charge on any atom is -0.206 e. The Morgan fingerprint density at radius 2 is 2.08 bits per heavy atom. The average molecular weight is 242 g/mol. The van der Waals surface area contributed by atoms with Crippen molar-refractivity contribution in [3.63, 3.8) is 0 Å². The molecule has 0 aliphatic heterocycles. The molecule has 1 saturated carbocycles. The molecule has 0 heterocycles. The molecule has 2 rings (SSSR count). The van der Waals surface area contributed by atoms with Gasteiger partial charge >= 0.3 is 0 Å². The molecule has 13 heavy (non-hydrogen) atoms. The molecule has 0 N–H and O–H groups in total. The van der Waals surface area contributed by atoms with Crippen LogP contribution in [0.1, 0.15) is 24.8 Å². The summed E-state index contributed by atoms with van der Waals surface area (Å²) >= 11 is 3.14. The van der Waals surface area contributed by atoms with Gasteiger partial charge in [0.1, 0.15) is 5.82 Å². The molecule has 0 aromatic heterocycles. The van der Waals surface area contributed by atoms with Gasteiger partial charge in [-0.1, -0.05) is 12.5 Å². The van der Waals surface area contributed by atoms with Gasteiger partial charge in [-0.25, -0.2) is 4.39 Å². The zero-order chi connectivity index (χ0) is 9.47. The standard InChI is InChI=1S/C11H11BrF/c1-11(5-2-6-11)8-3-4-9(12)10(13)7-8/h3-4,7H,1-2,5-6H2. The summed E-state index contributed by atoms with van der Waals surface area (Å²) in [4.78, 5) is 0. The number of halogens is 2. The van der Waals surface area contributed by atoms with Crippen LogP contribution in [0.25, 0.3) is 0 Å². The van der Waals surface area contributed by atoms with Crippen molar-refractivity contribution in [3.05, 3.63) is 41.0 Å². The molecule has 0 saturated heterocycles. The van der Waals surface area contributed by atoms with Crippen molar-refractivity contribution in [1.29, 1.82) is 0 Å². The van der Waals surface area contributed by atoms with Crippen LogP contribution in [0.4, 0.5) is 4.39 Å². The topological polar surface area (TPSA) is 0 Å². The van der Waals surface area contributed by atoms with Crippen LogP contribution in [0.3, 0.4) is 0 Å². The Balaban J connectivity index is 2.36. The van der Waals surface area contributed by atoms with Crippen LogP contribution in [0.2, 0.25) is 0 Å². The Labute approximate surface area is 86.3 Å². The van der Waals surface area contributed by atoms with Crippen LogP contribution in [0.15, 0.2) is 22.7 Å². The van der Waals surface area contributed by atoms with Crippen LogP contribution in [-0.2, 0) is 5.41 Å². The van der Waals surface area contributed by atoms with Gasteiger partial charge < -0.3 is 0 Å². The van der Waals surface area contributed by atoms with Crippen molar-refractivity contribution < 1.29 is 4.39 Å². The summed E-state index contributed by atoms with van der Waals surface area (Å²) in [6, 6.07) is 5.31. The molecule has 1 radical (unpaired) electrons. The van der Waals surface area contributed by atoms with Gasteiger partial charge in [-0.05, 0) is 58.8 Å². The van der Waals surface area contributed by atoms with E-state index in [0.717, 1.165) is 18.4 Å². The second kappa shape index (κ2) is 3.09. The fraction of sp³-hybridized carbons (Fsp3) is 0.364. The van der Waals surface area contributed by atoms with Gasteiger partial charge in [0.2, 0.25) is 0 Å². The third-order valence-electron chi connectivity index (χ3n) is 2.84. The van der Waals surface area contributed by atoms with E-state index in [-0.39, 0.29) is 11.2 Å². The lowest BCUT2D eigenvalue weighted by molar-refractivity contribution is 0.309. The molecule has 1 aromatic rings. The second-order valence-corrected chi connectivity index (χ2v) is 4.62. The number of rotatable bonds is 1. The summed E-state index contributed by atoms with van der Waals surface area (Å²) in [6.45, 7) is 4.13. The minimum absolute atomic E-state index is 0.0124. The SMILES string of the molecule is [CH2]C1(c2ccc(Br)c(F)c2)CCC1. The van der Waals surface area contributed by atoms with E-state index < -0.39 is 0 Å². The summed E-state index contributed by atoms with van der Waals surface area (Å²) in [6.07, 6.45) is 3.36. The van der Waals surface area contributed by atoms with Crippen molar-refractivity contribution in [2.75, 3.05) is 0 Å². The van der Waals surface area contributed by atoms with E-state index in [4.69, 9.17) is 0 Å². The van der Waals surface area contributed by atoms with Crippen LogP contribution in [0.5, 0.6) is 0 Å². The Kier molecular flexibility index (Phi) is 2.18. The lowest BCUT2D eigenvalue weighted by Crippen LogP contribution is -2.30. The molecule has 0 spiro atoms. The normalized spacial score (nSPS) is 19.6. The van der Waals surface area contributed by atoms with Gasteiger partial charge in [0.05, 0.1) is 4.47 Å². The smallest absolute Gasteiger partial charge is 0.137 e. The van der Waals surface area contributed by atoms with Gasteiger partial charge in [0, 0.05) is 0 Å². The molecule has 0 bridgehead atoms. The molecule has 1 aliphatic rings. The van der Waals surface area contributed by atoms with Crippen molar-refractivity contribution in [3.8, 4) is 0 Å². The van der Waals surface area contributed by atoms with Crippen LogP contribution in [0, 0.1) is 12.7 Å². The molecule has 0 unspecified atom stereocenters. The van der Waals surface area contributed by atoms with E-state index >= 15 is 0 Å². The maximum atomic E-state index is 13.2. The predicted octanol–water partition coefficient (Wildman–Crippen LogP) is 3.84. The van der Waals surface area contributed by atoms with E-state index in [1.165, 1.54) is 6.42 Å². The highest BCUT2D eigenvalue weighted by atomic mass is 79.9. The summed E-state index contributed by atoms with van der Waals surface area (Å²) < 4.78 is 13.7. The first kappa shape index (κ1) is 9.20. The monoisotopic (exact) mass is 241 g/mol. The molecule has 0 atom stereocenters. The van der Waals surface area contributed by atoms with Gasteiger partial charge in [0.15, 0.2) is 0 Å². The largest absolute Gasteiger partial charge is 0.206 e. The highest BCUT2D eigenvalue weighted by Crippen LogP contribution is 2.43. The van der Waals surface area contributed by atoms with Gasteiger partial charge in [-0.3, -0.25) is 0 Å². The zero-order valence-corrected chi connectivity index (χ0v) is 8.90. The van der Waals surface area contributed by atoms with E-state index in [0.29, 0.717) is 4.47 Å². The fourth-order valence-corrected chi connectivity index (χ4v) is 1.96. The quantitative estimate of drug-likeness (QED) is 0.701. The van der Waals surface area contributed by atoms with Crippen LogP contribution >= 0.6 is 15.9 Å². The van der Waals surface area contributed by atoms with Gasteiger partial charge in [-0.2, -0.15) is 0 Å². The molecular weight excluding hydrogens is 231 g/mol. The highest BCUT2D eigenvalue weighted by molar-refractivity contribution is 9.10. The van der Waals surface area contributed by atoms with Crippen LogP contribution < -0.4 is 0 Å². The third kappa shape index (κ3) is 1.52. The summed E-state index contributed by atoms with van der Waals surface area (Å²) in [7, 11) is 0. The van der Waals surface area contributed by atoms with Crippen molar-refractivity contribution in [2.24, 2.45) is 0 Å². The number of benzene rings is 1. The molecule has 0 amide bonds. The minimum atomic E-state index is -0.188. The molecule has 1 aromatic carbocycles. The maximum absolute atomic E-state index is 13.2. The number of hydrogen-bond acceptors (Lipinski definition) is 0. The van der Waals surface area contributed by atoms with Gasteiger partial charge in [0.25, 0.3) is 0 Å². The van der Waals surface area contributed by atoms with E-state index in [1.807, 2.05) is 6.07 Å². The molecule has 1 aliphatic carbocycles. The molecule has 69 valence electrons. The Morgan fingerprint density at radius 1 is 1.38 bits per heavy atom. The maximum Gasteiger partial charge on any atom is 0.137 e. The van der Waals surface area contributed by atoms with E-state index in [2.05, 4.69) is 22.9 Å². The molecule has 0 nitrogen and oxygen atoms in total. The first-order chi connectivity index (χ1) is 6.12. The summed E-state index contributed by atoms with van der Waals surface area (Å²) in [5.74, 6) is -0.188. The van der Waals surface area contributed by atoms with Crippen molar-refractivity contribution in [1.82, 2.24) is 0 Å². The van der Waals surface area contributed by atoms with Gasteiger partial charge in [-0.15, -0.1) is 0 Å². The fourth-order valence-electron chi connectivity index (χ4n) is 1.72. The van der Waals surface area contributed by atoms with Crippen molar-refractivity contribution >= 4 is 15.9 Å². The van der Waals surface area contributed by atoms with E-state index in [9.17, 15) is 4.39 Å². The molecule has 2 heteroatoms.